The zero-order valence-electron chi connectivity index (χ0n) is 17.6. The van der Waals surface area contributed by atoms with Crippen molar-refractivity contribution in [3.63, 3.8) is 0 Å². The van der Waals surface area contributed by atoms with Crippen molar-refractivity contribution in [1.29, 1.82) is 0 Å². The Morgan fingerprint density at radius 2 is 1.63 bits per heavy atom. The molecule has 0 radical (unpaired) electrons. The molecule has 0 saturated carbocycles. The highest BCUT2D eigenvalue weighted by molar-refractivity contribution is 5.96. The van der Waals surface area contributed by atoms with Crippen molar-refractivity contribution >= 4 is 5.78 Å². The smallest absolute Gasteiger partial charge is 0.162 e. The molecular formula is C24H38O3. The molecule has 0 aromatic heterocycles. The van der Waals surface area contributed by atoms with Crippen LogP contribution in [0.2, 0.25) is 0 Å². The Hall–Kier alpha value is -1.19. The van der Waals surface area contributed by atoms with E-state index >= 15 is 0 Å². The maximum Gasteiger partial charge on any atom is 0.162 e. The lowest BCUT2D eigenvalue weighted by atomic mass is 9.95. The number of benzene rings is 1. The molecule has 0 amide bonds. The Balaban J connectivity index is 1.60. The average Bonchev–Trinajstić information content (AvgIpc) is 2.66. The van der Waals surface area contributed by atoms with Gasteiger partial charge in [0.25, 0.3) is 0 Å². The van der Waals surface area contributed by atoms with Crippen LogP contribution in [0.15, 0.2) is 24.3 Å². The van der Waals surface area contributed by atoms with Gasteiger partial charge in [-0.25, -0.2) is 0 Å². The van der Waals surface area contributed by atoms with Gasteiger partial charge in [-0.1, -0.05) is 70.7 Å². The van der Waals surface area contributed by atoms with Crippen molar-refractivity contribution in [2.75, 3.05) is 13.2 Å². The lowest BCUT2D eigenvalue weighted by Gasteiger charge is -2.34. The third kappa shape index (κ3) is 8.57. The van der Waals surface area contributed by atoms with Crippen molar-refractivity contribution in [1.82, 2.24) is 0 Å². The topological polar surface area (TPSA) is 35.5 Å². The summed E-state index contributed by atoms with van der Waals surface area (Å²) in [5.74, 6) is 0.246. The molecular weight excluding hydrogens is 336 g/mol. The molecule has 0 bridgehead atoms. The van der Waals surface area contributed by atoms with E-state index in [4.69, 9.17) is 9.47 Å². The highest BCUT2D eigenvalue weighted by Crippen LogP contribution is 2.25. The first-order valence-corrected chi connectivity index (χ1v) is 10.9. The average molecular weight is 375 g/mol. The van der Waals surface area contributed by atoms with Crippen LogP contribution >= 0.6 is 0 Å². The number of ether oxygens (including phenoxy) is 2. The van der Waals surface area contributed by atoms with Crippen LogP contribution in [0.1, 0.15) is 94.5 Å². The monoisotopic (exact) mass is 374 g/mol. The summed E-state index contributed by atoms with van der Waals surface area (Å²) in [4.78, 5) is 12.4. The van der Waals surface area contributed by atoms with Gasteiger partial charge in [-0.05, 0) is 37.7 Å². The fourth-order valence-corrected chi connectivity index (χ4v) is 3.42. The van der Waals surface area contributed by atoms with Crippen LogP contribution in [0, 0.1) is 5.41 Å². The molecule has 1 fully saturated rings. The van der Waals surface area contributed by atoms with E-state index in [0.717, 1.165) is 44.5 Å². The van der Waals surface area contributed by atoms with E-state index in [2.05, 4.69) is 32.9 Å². The van der Waals surface area contributed by atoms with Crippen molar-refractivity contribution in [3.05, 3.63) is 35.4 Å². The second kappa shape index (κ2) is 11.6. The van der Waals surface area contributed by atoms with E-state index in [-0.39, 0.29) is 17.5 Å². The number of hydrogen-bond acceptors (Lipinski definition) is 3. The van der Waals surface area contributed by atoms with Crippen molar-refractivity contribution in [3.8, 4) is 0 Å². The fraction of sp³-hybridized carbons (Fsp3) is 0.708. The molecule has 1 aromatic rings. The quantitative estimate of drug-likeness (QED) is 0.316. The van der Waals surface area contributed by atoms with Crippen LogP contribution in [-0.4, -0.2) is 25.3 Å². The zero-order chi connectivity index (χ0) is 19.5. The van der Waals surface area contributed by atoms with Crippen LogP contribution < -0.4 is 0 Å². The molecule has 2 rings (SSSR count). The van der Waals surface area contributed by atoms with Crippen molar-refractivity contribution in [2.24, 2.45) is 5.41 Å². The standard InChI is InChI=1S/C24H38O3/c1-4-5-6-7-8-11-20-14-16-21(17-15-20)22(25)12-9-10-13-23-26-18-24(2,3)19-27-23/h14-17,23H,4-13,18-19H2,1-3H3. The lowest BCUT2D eigenvalue weighted by molar-refractivity contribution is -0.224. The SMILES string of the molecule is CCCCCCCc1ccc(C(=O)CCCCC2OCC(C)(C)CO2)cc1. The van der Waals surface area contributed by atoms with Gasteiger partial charge >= 0.3 is 0 Å². The summed E-state index contributed by atoms with van der Waals surface area (Å²) in [5.41, 5.74) is 2.31. The Morgan fingerprint density at radius 3 is 2.30 bits per heavy atom. The fourth-order valence-electron chi connectivity index (χ4n) is 3.42. The lowest BCUT2D eigenvalue weighted by Crippen LogP contribution is -2.37. The minimum Gasteiger partial charge on any atom is -0.352 e. The summed E-state index contributed by atoms with van der Waals surface area (Å²) >= 11 is 0. The molecule has 1 aliphatic heterocycles. The molecule has 3 heteroatoms. The summed E-state index contributed by atoms with van der Waals surface area (Å²) in [5, 5.41) is 0. The largest absolute Gasteiger partial charge is 0.352 e. The number of rotatable bonds is 12. The molecule has 152 valence electrons. The number of carbonyl (C=O) groups is 1. The van der Waals surface area contributed by atoms with Gasteiger partial charge < -0.3 is 9.47 Å². The Labute approximate surface area is 165 Å². The first kappa shape index (κ1) is 22.1. The molecule has 27 heavy (non-hydrogen) atoms. The number of ketones is 1. The minimum absolute atomic E-state index is 0.0928. The van der Waals surface area contributed by atoms with Crippen LogP contribution in [0.4, 0.5) is 0 Å². The first-order valence-electron chi connectivity index (χ1n) is 10.9. The third-order valence-corrected chi connectivity index (χ3v) is 5.26. The van der Waals surface area contributed by atoms with E-state index in [1.807, 2.05) is 12.1 Å². The molecule has 1 aromatic carbocycles. The zero-order valence-corrected chi connectivity index (χ0v) is 17.6. The van der Waals surface area contributed by atoms with Gasteiger partial charge in [-0.15, -0.1) is 0 Å². The van der Waals surface area contributed by atoms with E-state index < -0.39 is 0 Å². The van der Waals surface area contributed by atoms with Gasteiger partial charge in [-0.3, -0.25) is 4.79 Å². The van der Waals surface area contributed by atoms with Gasteiger partial charge in [0.2, 0.25) is 0 Å². The summed E-state index contributed by atoms with van der Waals surface area (Å²) in [6.07, 6.45) is 10.9. The maximum absolute atomic E-state index is 12.4. The molecule has 0 atom stereocenters. The second-order valence-electron chi connectivity index (χ2n) is 8.75. The van der Waals surface area contributed by atoms with Crippen molar-refractivity contribution < 1.29 is 14.3 Å². The Bertz CT molecular complexity index is 537. The highest BCUT2D eigenvalue weighted by atomic mass is 16.7. The summed E-state index contributed by atoms with van der Waals surface area (Å²) < 4.78 is 11.5. The van der Waals surface area contributed by atoms with Crippen LogP contribution in [0.3, 0.4) is 0 Å². The van der Waals surface area contributed by atoms with E-state index in [0.29, 0.717) is 6.42 Å². The Kier molecular flexibility index (Phi) is 9.50. The van der Waals surface area contributed by atoms with Gasteiger partial charge in [0.1, 0.15) is 0 Å². The molecule has 1 aliphatic rings. The molecule has 1 saturated heterocycles. The molecule has 1 heterocycles. The van der Waals surface area contributed by atoms with Crippen molar-refractivity contribution in [2.45, 2.75) is 91.3 Å². The molecule has 3 nitrogen and oxygen atoms in total. The van der Waals surface area contributed by atoms with E-state index in [1.54, 1.807) is 0 Å². The number of unbranched alkanes of at least 4 members (excludes halogenated alkanes) is 5. The normalized spacial score (nSPS) is 17.1. The Morgan fingerprint density at radius 1 is 0.963 bits per heavy atom. The highest BCUT2D eigenvalue weighted by Gasteiger charge is 2.27. The van der Waals surface area contributed by atoms with Crippen LogP contribution in [0.25, 0.3) is 0 Å². The molecule has 0 N–H and O–H groups in total. The van der Waals surface area contributed by atoms with Gasteiger partial charge in [0.15, 0.2) is 12.1 Å². The van der Waals surface area contributed by atoms with Crippen LogP contribution in [0.5, 0.6) is 0 Å². The van der Waals surface area contributed by atoms with Crippen LogP contribution in [-0.2, 0) is 15.9 Å². The van der Waals surface area contributed by atoms with Gasteiger partial charge in [0.05, 0.1) is 13.2 Å². The predicted molar refractivity (Wildman–Crippen MR) is 111 cm³/mol. The van der Waals surface area contributed by atoms with E-state index in [1.165, 1.54) is 37.7 Å². The van der Waals surface area contributed by atoms with Gasteiger partial charge in [-0.2, -0.15) is 0 Å². The first-order chi connectivity index (χ1) is 13.0. The maximum atomic E-state index is 12.4. The third-order valence-electron chi connectivity index (χ3n) is 5.26. The number of Topliss-reactive ketones (excluding diaryl/α,β-unsaturated/α-hetero) is 1. The molecule has 0 aliphatic carbocycles. The minimum atomic E-state index is -0.0928. The summed E-state index contributed by atoms with van der Waals surface area (Å²) in [6.45, 7) is 8.05. The van der Waals surface area contributed by atoms with E-state index in [9.17, 15) is 4.79 Å². The number of aryl methyl sites for hydroxylation is 1. The predicted octanol–water partition coefficient (Wildman–Crippen LogP) is 6.34. The molecule has 0 spiro atoms. The molecule has 0 unspecified atom stereocenters. The summed E-state index contributed by atoms with van der Waals surface area (Å²) in [7, 11) is 0. The van der Waals surface area contributed by atoms with Gasteiger partial charge in [0, 0.05) is 17.4 Å². The summed E-state index contributed by atoms with van der Waals surface area (Å²) in [6, 6.07) is 8.25. The second-order valence-corrected chi connectivity index (χ2v) is 8.75. The number of hydrogen-bond donors (Lipinski definition) is 0. The number of carbonyl (C=O) groups excluding carboxylic acids is 1.